The van der Waals surface area contributed by atoms with E-state index >= 15 is 0 Å². The van der Waals surface area contributed by atoms with E-state index in [1.54, 1.807) is 27.7 Å². The second kappa shape index (κ2) is 27.2. The minimum absolute atomic E-state index is 0.0734. The van der Waals surface area contributed by atoms with Gasteiger partial charge in [-0.05, 0) is 55.7 Å². The number of hydrogen-bond donors (Lipinski definition) is 13. The summed E-state index contributed by atoms with van der Waals surface area (Å²) in [5.41, 5.74) is 16.4. The van der Waals surface area contributed by atoms with Crippen molar-refractivity contribution in [3.8, 4) is 5.75 Å². The summed E-state index contributed by atoms with van der Waals surface area (Å²) < 4.78 is 0. The lowest BCUT2D eigenvalue weighted by Crippen LogP contribution is -2.61. The Morgan fingerprint density at radius 1 is 0.716 bits per heavy atom. The summed E-state index contributed by atoms with van der Waals surface area (Å²) in [4.78, 5) is 157. The molecule has 1 aromatic rings. The van der Waals surface area contributed by atoms with E-state index in [1.807, 2.05) is 0 Å². The molecule has 1 aliphatic rings. The predicted octanol–water partition coefficient (Wildman–Crippen LogP) is -4.91. The van der Waals surface area contributed by atoms with E-state index in [4.69, 9.17) is 17.2 Å². The molecule has 1 heterocycles. The fraction of sp³-hybridized carbons (Fsp3) is 0.571. The molecule has 1 fully saturated rings. The first-order valence-corrected chi connectivity index (χ1v) is 21.7. The van der Waals surface area contributed by atoms with Crippen molar-refractivity contribution in [1.82, 2.24) is 47.9 Å². The van der Waals surface area contributed by atoms with Gasteiger partial charge in [0.1, 0.15) is 48.0 Å². The molecular formula is C42H64N12O13. The Labute approximate surface area is 386 Å². The highest BCUT2D eigenvalue weighted by atomic mass is 16.3. The van der Waals surface area contributed by atoms with Crippen LogP contribution in [-0.4, -0.2) is 131 Å². The third kappa shape index (κ3) is 20.2. The molecule has 8 atom stereocenters. The number of amides is 12. The minimum Gasteiger partial charge on any atom is -0.508 e. The Balaban J connectivity index is 2.58. The molecule has 25 heteroatoms. The van der Waals surface area contributed by atoms with Crippen LogP contribution in [0.5, 0.6) is 5.75 Å². The number of phenols is 1. The molecule has 0 radical (unpaired) electrons. The van der Waals surface area contributed by atoms with Crippen LogP contribution in [0.4, 0.5) is 0 Å². The maximum atomic E-state index is 14.0. The average molecular weight is 945 g/mol. The number of benzene rings is 1. The summed E-state index contributed by atoms with van der Waals surface area (Å²) in [5.74, 6) is -12.0. The predicted molar refractivity (Wildman–Crippen MR) is 237 cm³/mol. The molecule has 0 aromatic heterocycles. The molecular weight excluding hydrogens is 881 g/mol. The van der Waals surface area contributed by atoms with Crippen molar-refractivity contribution in [3.05, 3.63) is 29.8 Å². The molecule has 0 bridgehead atoms. The van der Waals surface area contributed by atoms with Gasteiger partial charge in [-0.25, -0.2) is 0 Å². The summed E-state index contributed by atoms with van der Waals surface area (Å²) >= 11 is 0. The van der Waals surface area contributed by atoms with Gasteiger partial charge in [0, 0.05) is 19.3 Å². The summed E-state index contributed by atoms with van der Waals surface area (Å²) in [6.07, 6.45) is -2.54. The lowest BCUT2D eigenvalue weighted by Gasteiger charge is -2.29. The summed E-state index contributed by atoms with van der Waals surface area (Å²) in [6, 6.07) is -4.73. The maximum absolute atomic E-state index is 14.0. The number of phenolic OH excluding ortho intramolecular Hbond substituents is 1. The number of nitrogens with one attached hydrogen (secondary N) is 9. The normalized spacial score (nSPS) is 21.6. The molecule has 0 aliphatic carbocycles. The molecule has 25 nitrogen and oxygen atoms in total. The van der Waals surface area contributed by atoms with Gasteiger partial charge in [-0.2, -0.15) is 0 Å². The molecule has 16 N–H and O–H groups in total. The van der Waals surface area contributed by atoms with Crippen LogP contribution < -0.4 is 65.1 Å². The third-order valence-electron chi connectivity index (χ3n) is 10.4. The number of nitrogens with two attached hydrogens (primary N) is 3. The fourth-order valence-electron chi connectivity index (χ4n) is 6.54. The number of primary amides is 3. The van der Waals surface area contributed by atoms with Crippen molar-refractivity contribution >= 4 is 70.9 Å². The number of aromatic hydroxyl groups is 1. The Hall–Kier alpha value is -7.34. The van der Waals surface area contributed by atoms with Crippen molar-refractivity contribution in [2.45, 2.75) is 128 Å². The van der Waals surface area contributed by atoms with E-state index in [9.17, 15) is 62.6 Å². The van der Waals surface area contributed by atoms with Crippen LogP contribution in [0.3, 0.4) is 0 Å². The van der Waals surface area contributed by atoms with Crippen LogP contribution in [0.1, 0.15) is 85.1 Å². The number of rotatable bonds is 18. The van der Waals surface area contributed by atoms with Crippen molar-refractivity contribution in [3.63, 3.8) is 0 Å². The summed E-state index contributed by atoms with van der Waals surface area (Å²) in [5, 5.41) is 31.6. The second-order valence-corrected chi connectivity index (χ2v) is 16.6. The SMILES string of the molecule is CCC(C)C1NC(=O)C(Cc2ccc(O)cc2)NC(=O)CNC(=O)CCC(C(=O)NC(C)C(=O)NC(CC(C)C)C(=O)NCC(N)=O)NC(=O)C(CC(N)=O)NC(=O)C(CCC(N)=O)NC1=O. The number of hydrogen-bond acceptors (Lipinski definition) is 13. The van der Waals surface area contributed by atoms with E-state index in [1.165, 1.54) is 31.2 Å². The van der Waals surface area contributed by atoms with Crippen molar-refractivity contribution in [2.75, 3.05) is 13.1 Å². The standard InChI is InChI=1S/C42H64N12O13/c1-6-21(4)35-42(67)51-25(11-13-30(43)56)39(64)53-29(17-31(44)57)40(65)50-26(38(63)48-22(5)36(61)52-27(15-20(2)3)37(62)47-18-32(45)58)12-14-33(59)46-19-34(60)49-28(41(66)54-35)16-23-7-9-24(55)10-8-23/h7-10,20-22,25-29,35,55H,6,11-19H2,1-5H3,(H2,43,56)(H2,44,57)(H2,45,58)(H,46,59)(H,47,62)(H,48,63)(H,49,60)(H,50,65)(H,51,67)(H,52,61)(H,53,64)(H,54,66). The van der Waals surface area contributed by atoms with E-state index in [-0.39, 0.29) is 24.5 Å². The molecule has 1 aliphatic heterocycles. The zero-order valence-electron chi connectivity index (χ0n) is 38.2. The second-order valence-electron chi connectivity index (χ2n) is 16.6. The minimum atomic E-state index is -1.83. The lowest BCUT2D eigenvalue weighted by atomic mass is 9.96. The van der Waals surface area contributed by atoms with Crippen LogP contribution in [0, 0.1) is 11.8 Å². The first-order chi connectivity index (χ1) is 31.4. The average Bonchev–Trinajstić information content (AvgIpc) is 3.25. The smallest absolute Gasteiger partial charge is 0.243 e. The van der Waals surface area contributed by atoms with Gasteiger partial charge in [-0.15, -0.1) is 0 Å². The highest BCUT2D eigenvalue weighted by Crippen LogP contribution is 2.14. The summed E-state index contributed by atoms with van der Waals surface area (Å²) in [7, 11) is 0. The molecule has 0 spiro atoms. The first kappa shape index (κ1) is 55.8. The molecule has 67 heavy (non-hydrogen) atoms. The molecule has 12 amide bonds. The van der Waals surface area contributed by atoms with E-state index in [0.717, 1.165) is 0 Å². The quantitative estimate of drug-likeness (QED) is 0.0657. The first-order valence-electron chi connectivity index (χ1n) is 21.7. The monoisotopic (exact) mass is 944 g/mol. The Bertz CT molecular complexity index is 2000. The molecule has 2 rings (SSSR count). The van der Waals surface area contributed by atoms with Gasteiger partial charge < -0.3 is 70.2 Å². The third-order valence-corrected chi connectivity index (χ3v) is 10.4. The topological polar surface area (TPSA) is 411 Å². The Kier molecular flexibility index (Phi) is 22.7. The number of carbonyl (C=O) groups is 12. The van der Waals surface area contributed by atoms with Gasteiger partial charge in [0.2, 0.25) is 70.9 Å². The maximum Gasteiger partial charge on any atom is 0.243 e. The van der Waals surface area contributed by atoms with Gasteiger partial charge in [-0.1, -0.05) is 46.2 Å². The van der Waals surface area contributed by atoms with E-state index < -0.39 is 164 Å². The van der Waals surface area contributed by atoms with Gasteiger partial charge in [0.05, 0.1) is 19.5 Å². The van der Waals surface area contributed by atoms with Gasteiger partial charge in [0.25, 0.3) is 0 Å². The summed E-state index contributed by atoms with van der Waals surface area (Å²) in [6.45, 7) is 6.92. The van der Waals surface area contributed by atoms with Gasteiger partial charge in [0.15, 0.2) is 0 Å². The zero-order chi connectivity index (χ0) is 50.5. The van der Waals surface area contributed by atoms with Crippen LogP contribution in [-0.2, 0) is 64.0 Å². The highest BCUT2D eigenvalue weighted by molar-refractivity contribution is 5.99. The van der Waals surface area contributed by atoms with Crippen LogP contribution in [0.15, 0.2) is 24.3 Å². The number of carbonyl (C=O) groups excluding carboxylic acids is 12. The zero-order valence-corrected chi connectivity index (χ0v) is 38.2. The molecule has 1 aromatic carbocycles. The Morgan fingerprint density at radius 3 is 1.91 bits per heavy atom. The fourth-order valence-corrected chi connectivity index (χ4v) is 6.54. The molecule has 0 saturated carbocycles. The molecule has 8 unspecified atom stereocenters. The Morgan fingerprint density at radius 2 is 1.33 bits per heavy atom. The molecule has 1 saturated heterocycles. The van der Waals surface area contributed by atoms with Crippen LogP contribution in [0.2, 0.25) is 0 Å². The van der Waals surface area contributed by atoms with E-state index in [2.05, 4.69) is 47.9 Å². The van der Waals surface area contributed by atoms with Crippen molar-refractivity contribution in [1.29, 1.82) is 0 Å². The van der Waals surface area contributed by atoms with Crippen LogP contribution in [0.25, 0.3) is 0 Å². The van der Waals surface area contributed by atoms with E-state index in [0.29, 0.717) is 12.0 Å². The largest absolute Gasteiger partial charge is 0.508 e. The van der Waals surface area contributed by atoms with Gasteiger partial charge in [-0.3, -0.25) is 57.5 Å². The van der Waals surface area contributed by atoms with Crippen molar-refractivity contribution < 1.29 is 62.6 Å². The van der Waals surface area contributed by atoms with Crippen molar-refractivity contribution in [2.24, 2.45) is 29.0 Å². The molecule has 370 valence electrons. The van der Waals surface area contributed by atoms with Gasteiger partial charge >= 0.3 is 0 Å². The highest BCUT2D eigenvalue weighted by Gasteiger charge is 2.36. The lowest BCUT2D eigenvalue weighted by molar-refractivity contribution is -0.137. The van der Waals surface area contributed by atoms with Crippen LogP contribution >= 0.6 is 0 Å².